The van der Waals surface area contributed by atoms with Gasteiger partial charge in [-0.05, 0) is 19.1 Å². The highest BCUT2D eigenvalue weighted by Gasteiger charge is 2.27. The van der Waals surface area contributed by atoms with Crippen molar-refractivity contribution in [2.24, 2.45) is 0 Å². The first kappa shape index (κ1) is 14.5. The average molecular weight is 281 g/mol. The molecule has 0 spiro atoms. The van der Waals surface area contributed by atoms with E-state index in [1.807, 2.05) is 0 Å². The molecule has 1 aromatic rings. The topological polar surface area (TPSA) is 66.8 Å². The van der Waals surface area contributed by atoms with Crippen LogP contribution in [-0.4, -0.2) is 47.7 Å². The van der Waals surface area contributed by atoms with Crippen LogP contribution in [0.25, 0.3) is 0 Å². The van der Waals surface area contributed by atoms with E-state index in [0.717, 1.165) is 5.56 Å². The first-order chi connectivity index (χ1) is 9.47. The fourth-order valence-electron chi connectivity index (χ4n) is 2.20. The van der Waals surface area contributed by atoms with Gasteiger partial charge in [0.05, 0.1) is 24.7 Å². The van der Waals surface area contributed by atoms with Crippen LogP contribution in [0.4, 0.5) is 4.39 Å². The second-order valence-corrected chi connectivity index (χ2v) is 4.83. The van der Waals surface area contributed by atoms with Crippen molar-refractivity contribution in [3.05, 3.63) is 35.1 Å². The van der Waals surface area contributed by atoms with Crippen molar-refractivity contribution in [3.8, 4) is 0 Å². The van der Waals surface area contributed by atoms with E-state index in [1.165, 1.54) is 17.0 Å². The summed E-state index contributed by atoms with van der Waals surface area (Å²) in [5, 5.41) is 8.74. The molecule has 1 atom stereocenters. The van der Waals surface area contributed by atoms with Crippen molar-refractivity contribution >= 4 is 11.9 Å². The third kappa shape index (κ3) is 3.33. The van der Waals surface area contributed by atoms with Crippen LogP contribution in [0.5, 0.6) is 0 Å². The number of hydrogen-bond acceptors (Lipinski definition) is 3. The molecule has 1 aliphatic heterocycles. The molecule has 1 amide bonds. The third-order valence-electron chi connectivity index (χ3n) is 3.18. The summed E-state index contributed by atoms with van der Waals surface area (Å²) in [6, 6.07) is 4.36. The van der Waals surface area contributed by atoms with E-state index in [0.29, 0.717) is 6.54 Å². The molecule has 1 aliphatic rings. The monoisotopic (exact) mass is 281 g/mol. The van der Waals surface area contributed by atoms with E-state index < -0.39 is 23.8 Å². The molecule has 5 nitrogen and oxygen atoms in total. The van der Waals surface area contributed by atoms with E-state index in [4.69, 9.17) is 9.84 Å². The first-order valence-electron chi connectivity index (χ1n) is 6.36. The fourth-order valence-corrected chi connectivity index (χ4v) is 2.20. The number of carboxylic acid groups (broad SMARTS) is 1. The van der Waals surface area contributed by atoms with E-state index >= 15 is 0 Å². The van der Waals surface area contributed by atoms with Crippen molar-refractivity contribution < 1.29 is 23.8 Å². The molecule has 108 valence electrons. The lowest BCUT2D eigenvalue weighted by atomic mass is 10.1. The summed E-state index contributed by atoms with van der Waals surface area (Å²) in [4.78, 5) is 24.4. The van der Waals surface area contributed by atoms with Crippen LogP contribution in [0.3, 0.4) is 0 Å². The molecule has 0 aromatic heterocycles. The van der Waals surface area contributed by atoms with Gasteiger partial charge in [0.25, 0.3) is 5.91 Å². The molecular formula is C14H16FNO4. The summed E-state index contributed by atoms with van der Waals surface area (Å²) in [7, 11) is 0. The second kappa shape index (κ2) is 6.00. The Morgan fingerprint density at radius 2 is 2.25 bits per heavy atom. The van der Waals surface area contributed by atoms with Gasteiger partial charge in [0.15, 0.2) is 0 Å². The standard InChI is InChI=1S/C14H16FNO4/c1-9-2-3-12(15)11(6-9)14(19)16-4-5-20-10(8-16)7-13(17)18/h2-3,6,10H,4-5,7-8H2,1H3,(H,17,18). The van der Waals surface area contributed by atoms with Gasteiger partial charge in [-0.15, -0.1) is 0 Å². The number of morpholine rings is 1. The lowest BCUT2D eigenvalue weighted by Crippen LogP contribution is -2.46. The summed E-state index contributed by atoms with van der Waals surface area (Å²) >= 11 is 0. The van der Waals surface area contributed by atoms with Crippen LogP contribution >= 0.6 is 0 Å². The quantitative estimate of drug-likeness (QED) is 0.910. The van der Waals surface area contributed by atoms with Crippen molar-refractivity contribution in [2.75, 3.05) is 19.7 Å². The molecule has 20 heavy (non-hydrogen) atoms. The highest BCUT2D eigenvalue weighted by atomic mass is 19.1. The van der Waals surface area contributed by atoms with Gasteiger partial charge in [0, 0.05) is 13.1 Å². The largest absolute Gasteiger partial charge is 0.481 e. The number of nitrogens with zero attached hydrogens (tertiary/aromatic N) is 1. The molecule has 1 unspecified atom stereocenters. The smallest absolute Gasteiger partial charge is 0.306 e. The third-order valence-corrected chi connectivity index (χ3v) is 3.18. The molecule has 1 saturated heterocycles. The number of aliphatic carboxylic acids is 1. The molecule has 1 fully saturated rings. The number of benzene rings is 1. The van der Waals surface area contributed by atoms with E-state index in [-0.39, 0.29) is 25.1 Å². The number of carbonyl (C=O) groups excluding carboxylic acids is 1. The van der Waals surface area contributed by atoms with Gasteiger partial charge in [-0.1, -0.05) is 11.6 Å². The molecule has 0 bridgehead atoms. The Labute approximate surface area is 116 Å². The van der Waals surface area contributed by atoms with Crippen molar-refractivity contribution in [2.45, 2.75) is 19.4 Å². The van der Waals surface area contributed by atoms with Crippen molar-refractivity contribution in [3.63, 3.8) is 0 Å². The summed E-state index contributed by atoms with van der Waals surface area (Å²) < 4.78 is 19.0. The maximum absolute atomic E-state index is 13.7. The number of hydrogen-bond donors (Lipinski definition) is 1. The van der Waals surface area contributed by atoms with Crippen molar-refractivity contribution in [1.29, 1.82) is 0 Å². The maximum Gasteiger partial charge on any atom is 0.306 e. The van der Waals surface area contributed by atoms with Crippen LogP contribution in [0, 0.1) is 12.7 Å². The fraction of sp³-hybridized carbons (Fsp3) is 0.429. The summed E-state index contributed by atoms with van der Waals surface area (Å²) in [6.07, 6.45) is -0.710. The second-order valence-electron chi connectivity index (χ2n) is 4.83. The number of carboxylic acids is 1. The van der Waals surface area contributed by atoms with E-state index in [2.05, 4.69) is 0 Å². The number of aryl methyl sites for hydroxylation is 1. The number of rotatable bonds is 3. The van der Waals surface area contributed by atoms with Gasteiger partial charge in [0.1, 0.15) is 5.82 Å². The number of halogens is 1. The Kier molecular flexibility index (Phi) is 4.34. The van der Waals surface area contributed by atoms with Crippen LogP contribution in [-0.2, 0) is 9.53 Å². The zero-order valence-electron chi connectivity index (χ0n) is 11.1. The van der Waals surface area contributed by atoms with Gasteiger partial charge in [-0.3, -0.25) is 9.59 Å². The van der Waals surface area contributed by atoms with Crippen LogP contribution in [0.15, 0.2) is 18.2 Å². The maximum atomic E-state index is 13.7. The van der Waals surface area contributed by atoms with Crippen LogP contribution in [0.1, 0.15) is 22.3 Å². The molecule has 1 N–H and O–H groups in total. The Balaban J connectivity index is 2.12. The molecule has 2 rings (SSSR count). The molecular weight excluding hydrogens is 265 g/mol. The Morgan fingerprint density at radius 1 is 1.50 bits per heavy atom. The van der Waals surface area contributed by atoms with Gasteiger partial charge in [-0.2, -0.15) is 0 Å². The number of ether oxygens (including phenoxy) is 1. The molecule has 0 aliphatic carbocycles. The van der Waals surface area contributed by atoms with Gasteiger partial charge >= 0.3 is 5.97 Å². The van der Waals surface area contributed by atoms with Crippen molar-refractivity contribution in [1.82, 2.24) is 4.90 Å². The van der Waals surface area contributed by atoms with Gasteiger partial charge < -0.3 is 14.7 Å². The predicted molar refractivity (Wildman–Crippen MR) is 69.0 cm³/mol. The highest BCUT2D eigenvalue weighted by molar-refractivity contribution is 5.94. The minimum Gasteiger partial charge on any atom is -0.481 e. The van der Waals surface area contributed by atoms with E-state index in [9.17, 15) is 14.0 Å². The number of amides is 1. The summed E-state index contributed by atoms with van der Waals surface area (Å²) in [5.41, 5.74) is 0.811. The van der Waals surface area contributed by atoms with E-state index in [1.54, 1.807) is 13.0 Å². The normalized spacial score (nSPS) is 18.9. The minimum atomic E-state index is -0.981. The molecule has 6 heteroatoms. The average Bonchev–Trinajstić information content (AvgIpc) is 2.40. The van der Waals surface area contributed by atoms with Gasteiger partial charge in [-0.25, -0.2) is 4.39 Å². The van der Waals surface area contributed by atoms with Crippen LogP contribution < -0.4 is 0 Å². The Bertz CT molecular complexity index is 532. The lowest BCUT2D eigenvalue weighted by Gasteiger charge is -2.32. The SMILES string of the molecule is Cc1ccc(F)c(C(=O)N2CCOC(CC(=O)O)C2)c1. The highest BCUT2D eigenvalue weighted by Crippen LogP contribution is 2.16. The lowest BCUT2D eigenvalue weighted by molar-refractivity contribution is -0.141. The first-order valence-corrected chi connectivity index (χ1v) is 6.36. The van der Waals surface area contributed by atoms with Crippen LogP contribution in [0.2, 0.25) is 0 Å². The Morgan fingerprint density at radius 3 is 2.95 bits per heavy atom. The summed E-state index contributed by atoms with van der Waals surface area (Å²) in [6.45, 7) is 2.54. The zero-order valence-corrected chi connectivity index (χ0v) is 11.1. The zero-order chi connectivity index (χ0) is 14.7. The number of carbonyl (C=O) groups is 2. The molecule has 1 aromatic carbocycles. The molecule has 0 radical (unpaired) electrons. The molecule has 0 saturated carbocycles. The Hall–Kier alpha value is -1.95. The van der Waals surface area contributed by atoms with Gasteiger partial charge in [0.2, 0.25) is 0 Å². The summed E-state index contributed by atoms with van der Waals surface area (Å²) in [5.74, 6) is -1.97. The predicted octanol–water partition coefficient (Wildman–Crippen LogP) is 1.45. The molecule has 1 heterocycles. The minimum absolute atomic E-state index is 0.0148.